The van der Waals surface area contributed by atoms with Crippen LogP contribution in [0, 0.1) is 0 Å². The first kappa shape index (κ1) is 26.5. The number of hydrogen-bond acceptors (Lipinski definition) is 5. The molecule has 0 fully saturated rings. The zero-order chi connectivity index (χ0) is 27.9. The summed E-state index contributed by atoms with van der Waals surface area (Å²) in [5.41, 5.74) is 5.39. The van der Waals surface area contributed by atoms with Crippen molar-refractivity contribution in [3.8, 4) is 22.6 Å². The molecule has 4 aromatic carbocycles. The summed E-state index contributed by atoms with van der Waals surface area (Å²) in [5.74, 6) is -1.66. The molecule has 8 nitrogen and oxygen atoms in total. The summed E-state index contributed by atoms with van der Waals surface area (Å²) < 4.78 is 10.8. The molecule has 202 valence electrons. The minimum Gasteiger partial charge on any atom is -0.474 e. The number of ether oxygens (including phenoxy) is 2. The maximum atomic E-state index is 12.7. The lowest BCUT2D eigenvalue weighted by Crippen LogP contribution is -2.35. The van der Waals surface area contributed by atoms with E-state index in [1.54, 1.807) is 36.4 Å². The molecule has 0 radical (unpaired) electrons. The second-order valence-electron chi connectivity index (χ2n) is 9.41. The van der Waals surface area contributed by atoms with E-state index in [1.807, 2.05) is 24.3 Å². The van der Waals surface area contributed by atoms with Gasteiger partial charge in [-0.25, -0.2) is 4.79 Å². The van der Waals surface area contributed by atoms with Crippen molar-refractivity contribution in [2.24, 2.45) is 0 Å². The van der Waals surface area contributed by atoms with Crippen molar-refractivity contribution < 1.29 is 29.0 Å². The average Bonchev–Trinajstić information content (AvgIpc) is 3.46. The molecule has 0 aliphatic carbocycles. The van der Waals surface area contributed by atoms with Crippen LogP contribution in [0.15, 0.2) is 97.1 Å². The van der Waals surface area contributed by atoms with Crippen LogP contribution in [0.25, 0.3) is 11.1 Å². The maximum absolute atomic E-state index is 12.7. The fraction of sp³-hybridized carbons (Fsp3) is 0.156. The van der Waals surface area contributed by atoms with Gasteiger partial charge in [0.1, 0.15) is 0 Å². The van der Waals surface area contributed by atoms with Crippen LogP contribution in [-0.2, 0) is 22.4 Å². The number of carbonyl (C=O) groups is 3. The number of fused-ring (bicyclic) bond motifs is 1. The zero-order valence-electron chi connectivity index (χ0n) is 21.6. The highest BCUT2D eigenvalue weighted by atomic mass is 16.7. The second-order valence-corrected chi connectivity index (χ2v) is 9.41. The van der Waals surface area contributed by atoms with Crippen LogP contribution in [0.3, 0.4) is 0 Å². The third-order valence-electron chi connectivity index (χ3n) is 6.71. The van der Waals surface area contributed by atoms with Crippen LogP contribution in [-0.4, -0.2) is 36.2 Å². The molecule has 1 heterocycles. The van der Waals surface area contributed by atoms with Gasteiger partial charge in [0.25, 0.3) is 5.91 Å². The summed E-state index contributed by atoms with van der Waals surface area (Å²) in [6.07, 6.45) is 1.02. The SMILES string of the molecule is O=C(O)C(=O)NC(Cc1ccc2c(c1)OCO2)c1ccc(C(=O)NCCc2ccc(-c3ccccc3)cc2)cc1. The molecule has 1 aliphatic rings. The number of hydrogen-bond donors (Lipinski definition) is 3. The molecule has 0 saturated heterocycles. The standard InChI is InChI=1S/C32H28N2O6/c35-30(33-17-16-21-6-9-24(10-7-21)23-4-2-1-3-5-23)26-13-11-25(12-14-26)27(34-31(36)32(37)38)18-22-8-15-28-29(19-22)40-20-39-28/h1-15,19,27H,16-18,20H2,(H,33,35)(H,34,36)(H,37,38). The van der Waals surface area contributed by atoms with Crippen molar-refractivity contribution in [2.45, 2.75) is 18.9 Å². The molecular formula is C32H28N2O6. The number of carboxylic acid groups (broad SMARTS) is 1. The Morgan fingerprint density at radius 3 is 2.17 bits per heavy atom. The molecule has 1 unspecified atom stereocenters. The molecule has 1 aliphatic heterocycles. The summed E-state index contributed by atoms with van der Waals surface area (Å²) in [6.45, 7) is 0.620. The number of nitrogens with one attached hydrogen (secondary N) is 2. The van der Waals surface area contributed by atoms with E-state index in [4.69, 9.17) is 14.6 Å². The minimum atomic E-state index is -1.57. The van der Waals surface area contributed by atoms with Gasteiger partial charge in [0, 0.05) is 12.1 Å². The highest BCUT2D eigenvalue weighted by molar-refractivity contribution is 6.31. The Morgan fingerprint density at radius 1 is 0.775 bits per heavy atom. The van der Waals surface area contributed by atoms with Gasteiger partial charge < -0.3 is 25.2 Å². The molecule has 0 aromatic heterocycles. The Kier molecular flexibility index (Phi) is 8.06. The number of aliphatic carboxylic acids is 1. The van der Waals surface area contributed by atoms with Gasteiger partial charge in [-0.15, -0.1) is 0 Å². The van der Waals surface area contributed by atoms with Crippen LogP contribution >= 0.6 is 0 Å². The van der Waals surface area contributed by atoms with Gasteiger partial charge in [-0.05, 0) is 64.9 Å². The summed E-state index contributed by atoms with van der Waals surface area (Å²) >= 11 is 0. The quantitative estimate of drug-likeness (QED) is 0.271. The molecule has 1 atom stereocenters. The summed E-state index contributed by atoms with van der Waals surface area (Å²) in [7, 11) is 0. The molecular weight excluding hydrogens is 508 g/mol. The van der Waals surface area contributed by atoms with Gasteiger partial charge in [0.2, 0.25) is 6.79 Å². The van der Waals surface area contributed by atoms with Crippen molar-refractivity contribution in [1.82, 2.24) is 10.6 Å². The number of carboxylic acids is 1. The Bertz CT molecular complexity index is 1500. The maximum Gasteiger partial charge on any atom is 0.394 e. The van der Waals surface area contributed by atoms with Crippen LogP contribution in [0.5, 0.6) is 11.5 Å². The van der Waals surface area contributed by atoms with E-state index < -0.39 is 17.9 Å². The monoisotopic (exact) mass is 536 g/mol. The lowest BCUT2D eigenvalue weighted by atomic mass is 9.97. The van der Waals surface area contributed by atoms with E-state index in [-0.39, 0.29) is 12.7 Å². The van der Waals surface area contributed by atoms with Crippen molar-refractivity contribution in [1.29, 1.82) is 0 Å². The predicted molar refractivity (Wildman–Crippen MR) is 149 cm³/mol. The number of amides is 2. The molecule has 4 aromatic rings. The average molecular weight is 537 g/mol. The third kappa shape index (κ3) is 6.47. The Morgan fingerprint density at radius 2 is 1.45 bits per heavy atom. The van der Waals surface area contributed by atoms with Crippen molar-refractivity contribution in [3.63, 3.8) is 0 Å². The second kappa shape index (κ2) is 12.2. The van der Waals surface area contributed by atoms with E-state index >= 15 is 0 Å². The lowest BCUT2D eigenvalue weighted by molar-refractivity contribution is -0.150. The zero-order valence-corrected chi connectivity index (χ0v) is 21.6. The van der Waals surface area contributed by atoms with Crippen LogP contribution in [0.4, 0.5) is 0 Å². The molecule has 8 heteroatoms. The van der Waals surface area contributed by atoms with Crippen LogP contribution in [0.2, 0.25) is 0 Å². The first-order valence-electron chi connectivity index (χ1n) is 12.9. The number of rotatable bonds is 9. The lowest BCUT2D eigenvalue weighted by Gasteiger charge is -2.19. The molecule has 2 amide bonds. The van der Waals surface area contributed by atoms with E-state index in [9.17, 15) is 14.4 Å². The van der Waals surface area contributed by atoms with Gasteiger partial charge in [-0.3, -0.25) is 9.59 Å². The van der Waals surface area contributed by atoms with E-state index in [2.05, 4.69) is 47.0 Å². The van der Waals surface area contributed by atoms with E-state index in [0.29, 0.717) is 42.0 Å². The van der Waals surface area contributed by atoms with E-state index in [1.165, 1.54) is 0 Å². The molecule has 0 saturated carbocycles. The molecule has 3 N–H and O–H groups in total. The summed E-state index contributed by atoms with van der Waals surface area (Å²) in [5, 5.41) is 14.6. The van der Waals surface area contributed by atoms with Crippen molar-refractivity contribution in [3.05, 3.63) is 119 Å². The predicted octanol–water partition coefficient (Wildman–Crippen LogP) is 4.54. The Labute approximate surface area is 231 Å². The number of carbonyl (C=O) groups excluding carboxylic acids is 2. The van der Waals surface area contributed by atoms with E-state index in [0.717, 1.165) is 22.3 Å². The van der Waals surface area contributed by atoms with Crippen LogP contribution < -0.4 is 20.1 Å². The number of benzene rings is 4. The summed E-state index contributed by atoms with van der Waals surface area (Å²) in [6, 6.07) is 30.0. The minimum absolute atomic E-state index is 0.141. The van der Waals surface area contributed by atoms with Gasteiger partial charge in [0.05, 0.1) is 6.04 Å². The molecule has 0 bridgehead atoms. The normalized spacial score (nSPS) is 12.4. The first-order valence-corrected chi connectivity index (χ1v) is 12.9. The first-order chi connectivity index (χ1) is 19.5. The fourth-order valence-electron chi connectivity index (χ4n) is 4.56. The van der Waals surface area contributed by atoms with Gasteiger partial charge >= 0.3 is 11.9 Å². The Hall–Kier alpha value is -5.11. The molecule has 40 heavy (non-hydrogen) atoms. The van der Waals surface area contributed by atoms with Gasteiger partial charge in [0.15, 0.2) is 11.5 Å². The smallest absolute Gasteiger partial charge is 0.394 e. The highest BCUT2D eigenvalue weighted by Gasteiger charge is 2.22. The Balaban J connectivity index is 1.19. The third-order valence-corrected chi connectivity index (χ3v) is 6.71. The van der Waals surface area contributed by atoms with Crippen molar-refractivity contribution >= 4 is 17.8 Å². The largest absolute Gasteiger partial charge is 0.474 e. The van der Waals surface area contributed by atoms with Gasteiger partial charge in [-0.2, -0.15) is 0 Å². The van der Waals surface area contributed by atoms with Gasteiger partial charge in [-0.1, -0.05) is 72.8 Å². The fourth-order valence-corrected chi connectivity index (χ4v) is 4.56. The highest BCUT2D eigenvalue weighted by Crippen LogP contribution is 2.33. The molecule has 5 rings (SSSR count). The summed E-state index contributed by atoms with van der Waals surface area (Å²) in [4.78, 5) is 35.9. The van der Waals surface area contributed by atoms with Crippen LogP contribution in [0.1, 0.15) is 33.1 Å². The molecule has 0 spiro atoms. The van der Waals surface area contributed by atoms with Crippen molar-refractivity contribution in [2.75, 3.05) is 13.3 Å². The topological polar surface area (TPSA) is 114 Å².